The lowest BCUT2D eigenvalue weighted by molar-refractivity contribution is 0.102. The van der Waals surface area contributed by atoms with Crippen LogP contribution in [-0.4, -0.2) is 25.6 Å². The summed E-state index contributed by atoms with van der Waals surface area (Å²) in [5.74, 6) is -0.462. The highest BCUT2D eigenvalue weighted by Crippen LogP contribution is 2.31. The number of nitrogens with zero attached hydrogens (tertiary/aromatic N) is 1. The van der Waals surface area contributed by atoms with Gasteiger partial charge >= 0.3 is 0 Å². The fourth-order valence-electron chi connectivity index (χ4n) is 2.51. The fourth-order valence-corrected chi connectivity index (χ4v) is 4.51. The number of thiazole rings is 1. The van der Waals surface area contributed by atoms with Gasteiger partial charge in [-0.05, 0) is 42.8 Å². The number of anilines is 1. The number of benzene rings is 2. The second-order valence-electron chi connectivity index (χ2n) is 6.04. The molecule has 0 aliphatic rings. The smallest absolute Gasteiger partial charge is 0.257 e. The minimum atomic E-state index is -3.40. The van der Waals surface area contributed by atoms with Gasteiger partial charge in [-0.2, -0.15) is 0 Å². The Bertz CT molecular complexity index is 1160. The molecule has 0 aliphatic carbocycles. The summed E-state index contributed by atoms with van der Waals surface area (Å²) in [5, 5.41) is 6.20. The summed E-state index contributed by atoms with van der Waals surface area (Å²) in [4.78, 5) is 17.1. The predicted molar refractivity (Wildman–Crippen MR) is 114 cm³/mol. The summed E-state index contributed by atoms with van der Waals surface area (Å²) < 4.78 is 23.2. The van der Waals surface area contributed by atoms with E-state index in [4.69, 9.17) is 23.2 Å². The van der Waals surface area contributed by atoms with Crippen LogP contribution in [0.5, 0.6) is 0 Å². The average molecular weight is 455 g/mol. The maximum Gasteiger partial charge on any atom is 0.257 e. The highest BCUT2D eigenvalue weighted by atomic mass is 35.5. The SMILES string of the molecule is CCc1nc(-c2ccc(NC(=O)c3ccc(S(C)(=O)=O)cc3Cl)cc2Cl)cs1. The zero-order valence-corrected chi connectivity index (χ0v) is 18.1. The van der Waals surface area contributed by atoms with E-state index in [-0.39, 0.29) is 15.5 Å². The van der Waals surface area contributed by atoms with Crippen LogP contribution in [-0.2, 0) is 16.3 Å². The van der Waals surface area contributed by atoms with Crippen LogP contribution in [0, 0.1) is 0 Å². The molecule has 1 heterocycles. The molecule has 0 spiro atoms. The number of halogens is 2. The first-order valence-corrected chi connectivity index (χ1v) is 11.8. The Morgan fingerprint density at radius 1 is 1.14 bits per heavy atom. The summed E-state index contributed by atoms with van der Waals surface area (Å²) in [6.07, 6.45) is 1.93. The second kappa shape index (κ2) is 8.21. The van der Waals surface area contributed by atoms with Crippen LogP contribution in [0.25, 0.3) is 11.3 Å². The molecule has 1 N–H and O–H groups in total. The van der Waals surface area contributed by atoms with Crippen molar-refractivity contribution in [3.8, 4) is 11.3 Å². The van der Waals surface area contributed by atoms with E-state index in [0.717, 1.165) is 28.9 Å². The highest BCUT2D eigenvalue weighted by Gasteiger charge is 2.16. The minimum Gasteiger partial charge on any atom is -0.322 e. The van der Waals surface area contributed by atoms with Crippen LogP contribution in [0.3, 0.4) is 0 Å². The molecule has 28 heavy (non-hydrogen) atoms. The standard InChI is InChI=1S/C19H16Cl2N2O3S2/c1-3-18-23-17(10-27-18)13-6-4-11(8-15(13)20)22-19(24)14-7-5-12(9-16(14)21)28(2,25)26/h4-10H,3H2,1-2H3,(H,22,24). The third-order valence-electron chi connectivity index (χ3n) is 3.97. The van der Waals surface area contributed by atoms with Gasteiger partial charge in [-0.15, -0.1) is 11.3 Å². The van der Waals surface area contributed by atoms with Crippen molar-refractivity contribution < 1.29 is 13.2 Å². The van der Waals surface area contributed by atoms with Crippen LogP contribution in [0.2, 0.25) is 10.0 Å². The number of hydrogen-bond donors (Lipinski definition) is 1. The first kappa shape index (κ1) is 20.8. The average Bonchev–Trinajstić information content (AvgIpc) is 3.09. The number of nitrogens with one attached hydrogen (secondary N) is 1. The van der Waals surface area contributed by atoms with E-state index in [2.05, 4.69) is 10.3 Å². The number of sulfone groups is 1. The molecule has 5 nitrogen and oxygen atoms in total. The molecule has 0 saturated heterocycles. The molecule has 3 rings (SSSR count). The topological polar surface area (TPSA) is 76.1 Å². The Morgan fingerprint density at radius 2 is 1.89 bits per heavy atom. The molecule has 3 aromatic rings. The molecule has 0 aliphatic heterocycles. The molecule has 0 atom stereocenters. The number of amides is 1. The Labute approximate surface area is 177 Å². The molecular formula is C19H16Cl2N2O3S2. The summed E-state index contributed by atoms with van der Waals surface area (Å²) in [6, 6.07) is 9.14. The lowest BCUT2D eigenvalue weighted by atomic mass is 10.1. The quantitative estimate of drug-likeness (QED) is 0.564. The zero-order valence-electron chi connectivity index (χ0n) is 15.0. The van der Waals surface area contributed by atoms with Crippen LogP contribution >= 0.6 is 34.5 Å². The van der Waals surface area contributed by atoms with Gasteiger partial charge in [-0.1, -0.05) is 30.1 Å². The van der Waals surface area contributed by atoms with Gasteiger partial charge in [0.25, 0.3) is 5.91 Å². The predicted octanol–water partition coefficient (Wildman–Crippen LogP) is 5.34. The van der Waals surface area contributed by atoms with Gasteiger partial charge in [0.15, 0.2) is 9.84 Å². The number of rotatable bonds is 5. The molecular weight excluding hydrogens is 439 g/mol. The fraction of sp³-hybridized carbons (Fsp3) is 0.158. The molecule has 146 valence electrons. The maximum atomic E-state index is 12.5. The lowest BCUT2D eigenvalue weighted by Crippen LogP contribution is -2.13. The number of aromatic nitrogens is 1. The Hall–Kier alpha value is -1.93. The molecule has 0 bridgehead atoms. The van der Waals surface area contributed by atoms with Crippen LogP contribution < -0.4 is 5.32 Å². The van der Waals surface area contributed by atoms with Gasteiger partial charge in [0.1, 0.15) is 0 Å². The van der Waals surface area contributed by atoms with Crippen molar-refractivity contribution in [3.05, 3.63) is 62.4 Å². The van der Waals surface area contributed by atoms with E-state index >= 15 is 0 Å². The molecule has 0 fully saturated rings. The first-order chi connectivity index (χ1) is 13.2. The van der Waals surface area contributed by atoms with Crippen molar-refractivity contribution in [2.75, 3.05) is 11.6 Å². The molecule has 0 unspecified atom stereocenters. The molecule has 2 aromatic carbocycles. The van der Waals surface area contributed by atoms with Crippen LogP contribution in [0.4, 0.5) is 5.69 Å². The van der Waals surface area contributed by atoms with Gasteiger partial charge in [0, 0.05) is 22.9 Å². The van der Waals surface area contributed by atoms with E-state index in [0.29, 0.717) is 10.7 Å². The molecule has 0 saturated carbocycles. The zero-order chi connectivity index (χ0) is 20.5. The first-order valence-electron chi connectivity index (χ1n) is 8.24. The summed E-state index contributed by atoms with van der Waals surface area (Å²) in [7, 11) is -3.40. The molecule has 9 heteroatoms. The molecule has 1 aromatic heterocycles. The number of aryl methyl sites for hydroxylation is 1. The number of hydrogen-bond acceptors (Lipinski definition) is 5. The van der Waals surface area contributed by atoms with E-state index in [1.54, 1.807) is 29.5 Å². The molecule has 0 radical (unpaired) electrons. The van der Waals surface area contributed by atoms with Crippen LogP contribution in [0.1, 0.15) is 22.3 Å². The van der Waals surface area contributed by atoms with Gasteiger partial charge in [-0.25, -0.2) is 13.4 Å². The maximum absolute atomic E-state index is 12.5. The minimum absolute atomic E-state index is 0.0520. The summed E-state index contributed by atoms with van der Waals surface area (Å²) in [6.45, 7) is 2.04. The van der Waals surface area contributed by atoms with Crippen molar-refractivity contribution >= 4 is 56.0 Å². The van der Waals surface area contributed by atoms with Crippen LogP contribution in [0.15, 0.2) is 46.7 Å². The van der Waals surface area contributed by atoms with E-state index in [1.807, 2.05) is 12.3 Å². The van der Waals surface area contributed by atoms with Gasteiger partial charge in [0.05, 0.1) is 31.2 Å². The van der Waals surface area contributed by atoms with Gasteiger partial charge < -0.3 is 5.32 Å². The van der Waals surface area contributed by atoms with Crippen molar-refractivity contribution in [3.63, 3.8) is 0 Å². The highest BCUT2D eigenvalue weighted by molar-refractivity contribution is 7.90. The normalized spacial score (nSPS) is 11.4. The Balaban J connectivity index is 1.82. The summed E-state index contributed by atoms with van der Waals surface area (Å²) in [5.41, 5.74) is 2.24. The Kier molecular flexibility index (Phi) is 6.09. The van der Waals surface area contributed by atoms with Crippen molar-refractivity contribution in [1.29, 1.82) is 0 Å². The summed E-state index contributed by atoms with van der Waals surface area (Å²) >= 11 is 14.0. The molecule has 1 amide bonds. The van der Waals surface area contributed by atoms with E-state index in [9.17, 15) is 13.2 Å². The third kappa shape index (κ3) is 4.55. The monoisotopic (exact) mass is 454 g/mol. The largest absolute Gasteiger partial charge is 0.322 e. The number of carbonyl (C=O) groups excluding carboxylic acids is 1. The second-order valence-corrected chi connectivity index (χ2v) is 9.82. The third-order valence-corrected chi connectivity index (χ3v) is 6.70. The number of carbonyl (C=O) groups is 1. The Morgan fingerprint density at radius 3 is 2.46 bits per heavy atom. The lowest BCUT2D eigenvalue weighted by Gasteiger charge is -2.10. The van der Waals surface area contributed by atoms with Crippen molar-refractivity contribution in [2.45, 2.75) is 18.2 Å². The van der Waals surface area contributed by atoms with Gasteiger partial charge in [0.2, 0.25) is 0 Å². The van der Waals surface area contributed by atoms with Gasteiger partial charge in [-0.3, -0.25) is 4.79 Å². The van der Waals surface area contributed by atoms with E-state index in [1.165, 1.54) is 18.2 Å². The van der Waals surface area contributed by atoms with E-state index < -0.39 is 15.7 Å². The van der Waals surface area contributed by atoms with Crippen molar-refractivity contribution in [1.82, 2.24) is 4.98 Å². The van der Waals surface area contributed by atoms with Crippen molar-refractivity contribution in [2.24, 2.45) is 0 Å².